The van der Waals surface area contributed by atoms with Crippen molar-refractivity contribution in [3.05, 3.63) is 58.4 Å². The molecule has 1 N–H and O–H groups in total. The van der Waals surface area contributed by atoms with E-state index in [1.807, 2.05) is 26.8 Å². The minimum Gasteiger partial charge on any atom is -0.502 e. The van der Waals surface area contributed by atoms with E-state index in [0.29, 0.717) is 5.56 Å². The molecule has 3 rings (SSSR count). The van der Waals surface area contributed by atoms with Crippen LogP contribution in [0.1, 0.15) is 43.9 Å². The van der Waals surface area contributed by atoms with Gasteiger partial charge in [-0.05, 0) is 70.7 Å². The Morgan fingerprint density at radius 3 is 2.17 bits per heavy atom. The Morgan fingerprint density at radius 1 is 1.03 bits per heavy atom. The second kappa shape index (κ2) is 9.96. The predicted octanol–water partition coefficient (Wildman–Crippen LogP) is 5.47. The van der Waals surface area contributed by atoms with Crippen molar-refractivity contribution in [2.45, 2.75) is 27.2 Å². The molecule has 6 heteroatoms. The standard InChI is InChI=1S/C22H21FO5.C2H6/c1-12-16(7-13-8-19(26-2)22(25)20(9-13)27-3)15-6-5-14(23)10-18(15)17(12)11-21(24)28-4;1-2/h5-10,25H,11H2,1-4H3;1-2H3/b16-7-;. The maximum atomic E-state index is 13.9. The van der Waals surface area contributed by atoms with Crippen molar-refractivity contribution in [1.82, 2.24) is 0 Å². The van der Waals surface area contributed by atoms with Gasteiger partial charge in [-0.25, -0.2) is 4.39 Å². The number of benzene rings is 2. The molecule has 0 heterocycles. The molecule has 1 aliphatic carbocycles. The number of hydrogen-bond acceptors (Lipinski definition) is 5. The summed E-state index contributed by atoms with van der Waals surface area (Å²) in [5, 5.41) is 10.1. The zero-order chi connectivity index (χ0) is 22.4. The molecule has 30 heavy (non-hydrogen) atoms. The van der Waals surface area contributed by atoms with Gasteiger partial charge in [0.1, 0.15) is 5.82 Å². The molecule has 0 radical (unpaired) electrons. The van der Waals surface area contributed by atoms with Crippen LogP contribution in [-0.4, -0.2) is 32.4 Å². The maximum absolute atomic E-state index is 13.9. The lowest BCUT2D eigenvalue weighted by Crippen LogP contribution is -2.01. The molecule has 2 aromatic carbocycles. The van der Waals surface area contributed by atoms with E-state index in [2.05, 4.69) is 0 Å². The van der Waals surface area contributed by atoms with Crippen LogP contribution in [0.3, 0.4) is 0 Å². The van der Waals surface area contributed by atoms with Crippen molar-refractivity contribution in [2.75, 3.05) is 21.3 Å². The van der Waals surface area contributed by atoms with E-state index in [9.17, 15) is 14.3 Å². The minimum atomic E-state index is -0.390. The lowest BCUT2D eigenvalue weighted by molar-refractivity contribution is -0.139. The average molecular weight is 414 g/mol. The summed E-state index contributed by atoms with van der Waals surface area (Å²) >= 11 is 0. The van der Waals surface area contributed by atoms with Gasteiger partial charge in [0.15, 0.2) is 11.5 Å². The highest BCUT2D eigenvalue weighted by Gasteiger charge is 2.26. The zero-order valence-electron chi connectivity index (χ0n) is 18.1. The first-order chi connectivity index (χ1) is 14.4. The van der Waals surface area contributed by atoms with Crippen molar-refractivity contribution >= 4 is 23.2 Å². The molecule has 0 atom stereocenters. The Kier molecular flexibility index (Phi) is 7.64. The number of allylic oxidation sites excluding steroid dienone is 2. The van der Waals surface area contributed by atoms with Gasteiger partial charge in [-0.3, -0.25) is 4.79 Å². The van der Waals surface area contributed by atoms with Crippen LogP contribution in [0.15, 0.2) is 35.9 Å². The van der Waals surface area contributed by atoms with Gasteiger partial charge in [0, 0.05) is 0 Å². The minimum absolute atomic E-state index is 0.0539. The van der Waals surface area contributed by atoms with Crippen molar-refractivity contribution in [3.63, 3.8) is 0 Å². The number of esters is 1. The summed E-state index contributed by atoms with van der Waals surface area (Å²) in [6.45, 7) is 5.89. The summed E-state index contributed by atoms with van der Waals surface area (Å²) in [5.41, 5.74) is 4.66. The van der Waals surface area contributed by atoms with Crippen LogP contribution in [-0.2, 0) is 9.53 Å². The fourth-order valence-electron chi connectivity index (χ4n) is 3.36. The smallest absolute Gasteiger partial charge is 0.310 e. The van der Waals surface area contributed by atoms with Crippen LogP contribution in [0.2, 0.25) is 0 Å². The van der Waals surface area contributed by atoms with Gasteiger partial charge in [0.2, 0.25) is 5.75 Å². The fraction of sp³-hybridized carbons (Fsp3) is 0.292. The Balaban J connectivity index is 0.00000155. The summed E-state index contributed by atoms with van der Waals surface area (Å²) in [7, 11) is 4.24. The number of phenols is 1. The molecule has 160 valence electrons. The Morgan fingerprint density at radius 2 is 1.63 bits per heavy atom. The van der Waals surface area contributed by atoms with E-state index < -0.39 is 5.97 Å². The normalized spacial score (nSPS) is 13.5. The van der Waals surface area contributed by atoms with Crippen molar-refractivity contribution in [2.24, 2.45) is 0 Å². The van der Waals surface area contributed by atoms with Crippen molar-refractivity contribution in [3.8, 4) is 17.2 Å². The Labute approximate surface area is 176 Å². The third-order valence-corrected chi connectivity index (χ3v) is 4.82. The van der Waals surface area contributed by atoms with Crippen LogP contribution in [0.4, 0.5) is 4.39 Å². The predicted molar refractivity (Wildman–Crippen MR) is 116 cm³/mol. The van der Waals surface area contributed by atoms with Crippen molar-refractivity contribution < 1.29 is 28.5 Å². The number of fused-ring (bicyclic) bond motifs is 1. The van der Waals surface area contributed by atoms with E-state index in [1.54, 1.807) is 18.2 Å². The number of phenolic OH excluding ortho intramolecular Hbond substituents is 1. The summed E-state index contributed by atoms with van der Waals surface area (Å²) < 4.78 is 29.1. The van der Waals surface area contributed by atoms with E-state index in [4.69, 9.17) is 14.2 Å². The molecule has 0 saturated heterocycles. The lowest BCUT2D eigenvalue weighted by Gasteiger charge is -2.11. The van der Waals surface area contributed by atoms with E-state index in [1.165, 1.54) is 33.5 Å². The van der Waals surface area contributed by atoms with E-state index in [0.717, 1.165) is 27.8 Å². The van der Waals surface area contributed by atoms with Gasteiger partial charge < -0.3 is 19.3 Å². The molecule has 0 saturated carbocycles. The first-order valence-corrected chi connectivity index (χ1v) is 9.63. The summed E-state index contributed by atoms with van der Waals surface area (Å²) in [4.78, 5) is 11.8. The maximum Gasteiger partial charge on any atom is 0.310 e. The highest BCUT2D eigenvalue weighted by atomic mass is 19.1. The lowest BCUT2D eigenvalue weighted by atomic mass is 10.00. The Bertz CT molecular complexity index is 980. The topological polar surface area (TPSA) is 65.0 Å². The third kappa shape index (κ3) is 4.48. The van der Waals surface area contributed by atoms with Crippen LogP contribution < -0.4 is 9.47 Å². The molecule has 0 bridgehead atoms. The first kappa shape index (κ1) is 23.0. The van der Waals surface area contributed by atoms with Gasteiger partial charge in [-0.2, -0.15) is 0 Å². The number of aromatic hydroxyl groups is 1. The molecule has 0 aromatic heterocycles. The van der Waals surface area contributed by atoms with Crippen molar-refractivity contribution in [1.29, 1.82) is 0 Å². The largest absolute Gasteiger partial charge is 0.502 e. The van der Waals surface area contributed by atoms with Crippen LogP contribution >= 0.6 is 0 Å². The van der Waals surface area contributed by atoms with Crippen LogP contribution in [0, 0.1) is 5.82 Å². The van der Waals surface area contributed by atoms with Crippen LogP contribution in [0.25, 0.3) is 17.2 Å². The number of carbonyl (C=O) groups is 1. The highest BCUT2D eigenvalue weighted by molar-refractivity contribution is 6.07. The molecule has 5 nitrogen and oxygen atoms in total. The SMILES string of the molecule is CC.COC(=O)CC1=C(C)/C(=C/c2cc(OC)c(O)c(OC)c2)c2ccc(F)cc21. The van der Waals surface area contributed by atoms with Gasteiger partial charge in [-0.1, -0.05) is 19.9 Å². The third-order valence-electron chi connectivity index (χ3n) is 4.82. The number of rotatable bonds is 5. The molecule has 0 aliphatic heterocycles. The van der Waals surface area contributed by atoms with Gasteiger partial charge >= 0.3 is 5.97 Å². The second-order valence-electron chi connectivity index (χ2n) is 6.38. The molecule has 0 amide bonds. The monoisotopic (exact) mass is 414 g/mol. The summed E-state index contributed by atoms with van der Waals surface area (Å²) in [6, 6.07) is 7.87. The second-order valence-corrected chi connectivity index (χ2v) is 6.38. The molecule has 0 fully saturated rings. The molecule has 0 unspecified atom stereocenters. The molecule has 1 aliphatic rings. The fourth-order valence-corrected chi connectivity index (χ4v) is 3.36. The quantitative estimate of drug-likeness (QED) is 0.658. The summed E-state index contributed by atoms with van der Waals surface area (Å²) in [5.74, 6) is -0.290. The Hall–Kier alpha value is -3.28. The van der Waals surface area contributed by atoms with E-state index >= 15 is 0 Å². The van der Waals surface area contributed by atoms with Gasteiger partial charge in [-0.15, -0.1) is 0 Å². The summed E-state index contributed by atoms with van der Waals surface area (Å²) in [6.07, 6.45) is 1.94. The first-order valence-electron chi connectivity index (χ1n) is 9.63. The molecule has 0 spiro atoms. The molecular formula is C24H27FO5. The molecular weight excluding hydrogens is 387 g/mol. The van der Waals surface area contributed by atoms with E-state index in [-0.39, 0.29) is 29.5 Å². The number of halogens is 1. The van der Waals surface area contributed by atoms with Gasteiger partial charge in [0.25, 0.3) is 0 Å². The number of carbonyl (C=O) groups excluding carboxylic acids is 1. The number of hydrogen-bond donors (Lipinski definition) is 1. The number of ether oxygens (including phenoxy) is 3. The van der Waals surface area contributed by atoms with Gasteiger partial charge in [0.05, 0.1) is 27.8 Å². The molecule has 2 aromatic rings. The number of methoxy groups -OCH3 is 3. The average Bonchev–Trinajstić information content (AvgIpc) is 3.01. The highest BCUT2D eigenvalue weighted by Crippen LogP contribution is 2.45. The zero-order valence-corrected chi connectivity index (χ0v) is 18.1. The van der Waals surface area contributed by atoms with Crippen LogP contribution in [0.5, 0.6) is 17.2 Å².